The van der Waals surface area contributed by atoms with E-state index in [9.17, 15) is 24.8 Å². The van der Waals surface area contributed by atoms with Crippen molar-refractivity contribution in [2.75, 3.05) is 17.7 Å². The molecular formula is C22H19N3O7. The van der Waals surface area contributed by atoms with Crippen LogP contribution in [0.1, 0.15) is 15.9 Å². The van der Waals surface area contributed by atoms with Gasteiger partial charge in [-0.25, -0.2) is 9.59 Å². The Kier molecular flexibility index (Phi) is 6.86. The van der Waals surface area contributed by atoms with Gasteiger partial charge in [-0.3, -0.25) is 10.1 Å². The summed E-state index contributed by atoms with van der Waals surface area (Å²) in [6.07, 6.45) is 0. The number of hydrogen-bond donors (Lipinski definition) is 3. The van der Waals surface area contributed by atoms with Gasteiger partial charge in [-0.2, -0.15) is 0 Å². The molecule has 0 aliphatic rings. The van der Waals surface area contributed by atoms with Crippen LogP contribution in [0.3, 0.4) is 0 Å². The molecule has 0 spiro atoms. The molecule has 0 aliphatic carbocycles. The van der Waals surface area contributed by atoms with Crippen LogP contribution >= 0.6 is 0 Å². The summed E-state index contributed by atoms with van der Waals surface area (Å²) in [5, 5.41) is 25.7. The second-order valence-electron chi connectivity index (χ2n) is 6.47. The van der Waals surface area contributed by atoms with Crippen LogP contribution in [0.4, 0.5) is 21.9 Å². The lowest BCUT2D eigenvalue weighted by Gasteiger charge is -2.14. The van der Waals surface area contributed by atoms with Gasteiger partial charge in [0.15, 0.2) is 0 Å². The zero-order valence-corrected chi connectivity index (χ0v) is 16.9. The fraction of sp³-hybridized carbons (Fsp3) is 0.0909. The summed E-state index contributed by atoms with van der Waals surface area (Å²) in [7, 11) is 1.29. The van der Waals surface area contributed by atoms with Gasteiger partial charge in [-0.1, -0.05) is 30.3 Å². The number of nitro groups is 1. The van der Waals surface area contributed by atoms with Crippen molar-refractivity contribution in [1.29, 1.82) is 0 Å². The molecule has 0 radical (unpaired) electrons. The van der Waals surface area contributed by atoms with Crippen molar-refractivity contribution < 1.29 is 29.1 Å². The number of methoxy groups -OCH3 is 1. The number of carbonyl (C=O) groups is 2. The minimum absolute atomic E-state index is 0.00138. The van der Waals surface area contributed by atoms with Gasteiger partial charge in [0, 0.05) is 11.6 Å². The third-order valence-electron chi connectivity index (χ3n) is 4.38. The van der Waals surface area contributed by atoms with E-state index in [1.807, 2.05) is 0 Å². The van der Waals surface area contributed by atoms with Crippen LogP contribution in [0.2, 0.25) is 0 Å². The number of carbonyl (C=O) groups excluding carboxylic acids is 2. The van der Waals surface area contributed by atoms with E-state index < -0.39 is 22.7 Å². The van der Waals surface area contributed by atoms with E-state index in [2.05, 4.69) is 10.6 Å². The van der Waals surface area contributed by atoms with Crippen molar-refractivity contribution in [3.05, 3.63) is 88.0 Å². The highest BCUT2D eigenvalue weighted by Gasteiger charge is 2.15. The molecule has 32 heavy (non-hydrogen) atoms. The average Bonchev–Trinajstić information content (AvgIpc) is 2.79. The number of nitrogens with zero attached hydrogens (tertiary/aromatic N) is 1. The zero-order valence-electron chi connectivity index (χ0n) is 16.9. The van der Waals surface area contributed by atoms with E-state index in [1.165, 1.54) is 13.2 Å². The number of esters is 1. The summed E-state index contributed by atoms with van der Waals surface area (Å²) in [6, 6.07) is 16.1. The third-order valence-corrected chi connectivity index (χ3v) is 4.38. The Balaban J connectivity index is 1.70. The van der Waals surface area contributed by atoms with Gasteiger partial charge in [0.2, 0.25) is 0 Å². The number of amides is 2. The van der Waals surface area contributed by atoms with Crippen molar-refractivity contribution in [1.82, 2.24) is 0 Å². The smallest absolute Gasteiger partial charge is 0.338 e. The molecule has 0 fully saturated rings. The molecule has 0 aromatic heterocycles. The topological polar surface area (TPSA) is 140 Å². The highest BCUT2D eigenvalue weighted by molar-refractivity contribution is 6.01. The number of hydrogen-bond acceptors (Lipinski definition) is 7. The summed E-state index contributed by atoms with van der Waals surface area (Å²) in [6.45, 7) is 0.0503. The van der Waals surface area contributed by atoms with E-state index in [0.29, 0.717) is 22.6 Å². The van der Waals surface area contributed by atoms with E-state index in [4.69, 9.17) is 9.47 Å². The lowest BCUT2D eigenvalue weighted by atomic mass is 10.1. The minimum Gasteiger partial charge on any atom is -0.506 e. The molecule has 0 unspecified atom stereocenters. The van der Waals surface area contributed by atoms with E-state index >= 15 is 0 Å². The largest absolute Gasteiger partial charge is 0.506 e. The van der Waals surface area contributed by atoms with Crippen LogP contribution < -0.4 is 15.4 Å². The van der Waals surface area contributed by atoms with Crippen LogP contribution in [-0.2, 0) is 11.3 Å². The molecule has 0 saturated heterocycles. The van der Waals surface area contributed by atoms with Gasteiger partial charge in [0.25, 0.3) is 5.69 Å². The molecule has 2 amide bonds. The van der Waals surface area contributed by atoms with Gasteiger partial charge in [-0.05, 0) is 24.3 Å². The van der Waals surface area contributed by atoms with Crippen molar-refractivity contribution in [3.63, 3.8) is 0 Å². The van der Waals surface area contributed by atoms with Gasteiger partial charge in [0.1, 0.15) is 18.1 Å². The molecule has 0 atom stereocenters. The van der Waals surface area contributed by atoms with E-state index in [1.54, 1.807) is 48.5 Å². The van der Waals surface area contributed by atoms with Gasteiger partial charge < -0.3 is 25.2 Å². The monoisotopic (exact) mass is 437 g/mol. The predicted octanol–water partition coefficient (Wildman–Crippen LogP) is 4.31. The number of benzene rings is 3. The minimum atomic E-state index is -0.694. The van der Waals surface area contributed by atoms with Gasteiger partial charge in [-0.15, -0.1) is 0 Å². The number of ether oxygens (including phenoxy) is 2. The van der Waals surface area contributed by atoms with Crippen molar-refractivity contribution in [2.24, 2.45) is 0 Å². The lowest BCUT2D eigenvalue weighted by molar-refractivity contribution is -0.384. The number of para-hydroxylation sites is 2. The summed E-state index contributed by atoms with van der Waals surface area (Å²) in [4.78, 5) is 34.4. The molecule has 0 bridgehead atoms. The Hall–Kier alpha value is -4.60. The maximum Gasteiger partial charge on any atom is 0.338 e. The van der Waals surface area contributed by atoms with Crippen LogP contribution in [0.25, 0.3) is 0 Å². The van der Waals surface area contributed by atoms with Crippen LogP contribution in [-0.4, -0.2) is 29.1 Å². The van der Waals surface area contributed by atoms with Crippen molar-refractivity contribution in [2.45, 2.75) is 6.61 Å². The number of nitro benzene ring substituents is 1. The van der Waals surface area contributed by atoms with Crippen LogP contribution in [0, 0.1) is 10.1 Å². The number of non-ortho nitro benzene ring substituents is 1. The Morgan fingerprint density at radius 1 is 1.00 bits per heavy atom. The normalized spacial score (nSPS) is 10.2. The predicted molar refractivity (Wildman–Crippen MR) is 116 cm³/mol. The second-order valence-corrected chi connectivity index (χ2v) is 6.47. The summed E-state index contributed by atoms with van der Waals surface area (Å²) >= 11 is 0. The standard InChI is InChI=1S/C22H19N3O7/c1-31-21(27)16-7-3-2-6-14(16)13-32-20-9-5-4-8-18(20)24-22(28)23-17-11-10-15(25(29)30)12-19(17)26/h2-12,26H,13H2,1H3,(H2,23,24,28). The quantitative estimate of drug-likeness (QED) is 0.216. The lowest BCUT2D eigenvalue weighted by Crippen LogP contribution is -2.20. The van der Waals surface area contributed by atoms with Crippen LogP contribution in [0.5, 0.6) is 11.5 Å². The highest BCUT2D eigenvalue weighted by Crippen LogP contribution is 2.29. The number of urea groups is 1. The van der Waals surface area contributed by atoms with Gasteiger partial charge in [0.05, 0.1) is 35.0 Å². The van der Waals surface area contributed by atoms with Crippen molar-refractivity contribution in [3.8, 4) is 11.5 Å². The van der Waals surface area contributed by atoms with Crippen molar-refractivity contribution >= 4 is 29.1 Å². The number of nitrogens with one attached hydrogen (secondary N) is 2. The first-order chi connectivity index (χ1) is 15.4. The molecule has 10 nitrogen and oxygen atoms in total. The number of phenols is 1. The fourth-order valence-corrected chi connectivity index (χ4v) is 2.82. The van der Waals surface area contributed by atoms with E-state index in [-0.39, 0.29) is 18.0 Å². The molecule has 3 aromatic rings. The summed E-state index contributed by atoms with van der Waals surface area (Å²) in [5.41, 5.74) is 1.00. The Morgan fingerprint density at radius 2 is 1.69 bits per heavy atom. The highest BCUT2D eigenvalue weighted by atomic mass is 16.6. The maximum atomic E-state index is 12.4. The number of phenolic OH excluding ortho intramolecular Hbond substituents is 1. The Morgan fingerprint density at radius 3 is 2.41 bits per heavy atom. The number of rotatable bonds is 7. The molecule has 3 rings (SSSR count). The van der Waals surface area contributed by atoms with Gasteiger partial charge >= 0.3 is 12.0 Å². The second kappa shape index (κ2) is 9.94. The molecule has 0 saturated carbocycles. The number of anilines is 2. The SMILES string of the molecule is COC(=O)c1ccccc1COc1ccccc1NC(=O)Nc1ccc([N+](=O)[O-])cc1O. The molecule has 3 aromatic carbocycles. The van der Waals surface area contributed by atoms with Crippen LogP contribution in [0.15, 0.2) is 66.7 Å². The third kappa shape index (κ3) is 5.30. The molecule has 0 aliphatic heterocycles. The maximum absolute atomic E-state index is 12.4. The Labute approximate surface area is 182 Å². The Bertz CT molecular complexity index is 1160. The zero-order chi connectivity index (χ0) is 23.1. The molecule has 10 heteroatoms. The molecule has 3 N–H and O–H groups in total. The number of aromatic hydroxyl groups is 1. The fourth-order valence-electron chi connectivity index (χ4n) is 2.82. The molecule has 0 heterocycles. The molecule has 164 valence electrons. The molecular weight excluding hydrogens is 418 g/mol. The average molecular weight is 437 g/mol. The summed E-state index contributed by atoms with van der Waals surface area (Å²) < 4.78 is 10.6. The van der Waals surface area contributed by atoms with E-state index in [0.717, 1.165) is 12.1 Å². The first-order valence-electron chi connectivity index (χ1n) is 9.32. The first-order valence-corrected chi connectivity index (χ1v) is 9.32. The first kappa shape index (κ1) is 22.1. The summed E-state index contributed by atoms with van der Waals surface area (Å²) in [5.74, 6) is -0.591.